The predicted octanol–water partition coefficient (Wildman–Crippen LogP) is 0.558. The van der Waals surface area contributed by atoms with Gasteiger partial charge in [-0.05, 0) is 6.92 Å². The quantitative estimate of drug-likeness (QED) is 0.731. The van der Waals surface area contributed by atoms with Gasteiger partial charge in [0.25, 0.3) is 0 Å². The zero-order chi connectivity index (χ0) is 11.2. The fourth-order valence-corrected chi connectivity index (χ4v) is 2.11. The van der Waals surface area contributed by atoms with Crippen molar-refractivity contribution in [3.05, 3.63) is 17.0 Å². The normalized spacial score (nSPS) is 20.1. The van der Waals surface area contributed by atoms with E-state index < -0.39 is 11.9 Å². The average Bonchev–Trinajstić information content (AvgIpc) is 2.42. The summed E-state index contributed by atoms with van der Waals surface area (Å²) >= 11 is 0. The molecule has 5 heteroatoms. The minimum atomic E-state index is -0.909. The molecule has 1 aliphatic rings. The SMILES string of the molecule is Cc1nn(C)c2c1C(=O)CC(C(=O)O)C2. The molecule has 0 amide bonds. The highest BCUT2D eigenvalue weighted by Gasteiger charge is 2.33. The van der Waals surface area contributed by atoms with Gasteiger partial charge in [-0.2, -0.15) is 5.10 Å². The van der Waals surface area contributed by atoms with Gasteiger partial charge < -0.3 is 5.11 Å². The van der Waals surface area contributed by atoms with Gasteiger partial charge in [0, 0.05) is 19.9 Å². The van der Waals surface area contributed by atoms with Crippen LogP contribution in [0.15, 0.2) is 0 Å². The number of hydrogen-bond acceptors (Lipinski definition) is 3. The summed E-state index contributed by atoms with van der Waals surface area (Å²) in [5.41, 5.74) is 2.06. The number of aryl methyl sites for hydroxylation is 2. The summed E-state index contributed by atoms with van der Waals surface area (Å²) < 4.78 is 1.61. The van der Waals surface area contributed by atoms with Crippen molar-refractivity contribution >= 4 is 11.8 Å². The molecule has 0 spiro atoms. The van der Waals surface area contributed by atoms with Crippen molar-refractivity contribution < 1.29 is 14.7 Å². The summed E-state index contributed by atoms with van der Waals surface area (Å²) in [5, 5.41) is 13.0. The number of fused-ring (bicyclic) bond motifs is 1. The first-order valence-corrected chi connectivity index (χ1v) is 4.79. The van der Waals surface area contributed by atoms with Gasteiger partial charge in [-0.1, -0.05) is 0 Å². The van der Waals surface area contributed by atoms with Crippen molar-refractivity contribution in [2.45, 2.75) is 19.8 Å². The molecule has 0 radical (unpaired) electrons. The Morgan fingerprint density at radius 1 is 1.53 bits per heavy atom. The average molecular weight is 208 g/mol. The highest BCUT2D eigenvalue weighted by atomic mass is 16.4. The Bertz CT molecular complexity index is 448. The molecule has 80 valence electrons. The van der Waals surface area contributed by atoms with Crippen LogP contribution < -0.4 is 0 Å². The molecule has 0 bridgehead atoms. The highest BCUT2D eigenvalue weighted by molar-refractivity contribution is 6.01. The summed E-state index contributed by atoms with van der Waals surface area (Å²) in [6.07, 6.45) is 0.489. The van der Waals surface area contributed by atoms with Gasteiger partial charge in [0.2, 0.25) is 0 Å². The van der Waals surface area contributed by atoms with Gasteiger partial charge in [0.1, 0.15) is 0 Å². The summed E-state index contributed by atoms with van der Waals surface area (Å²) in [6.45, 7) is 1.78. The molecular weight excluding hydrogens is 196 g/mol. The number of rotatable bonds is 1. The second-order valence-corrected chi connectivity index (χ2v) is 3.90. The van der Waals surface area contributed by atoms with E-state index in [-0.39, 0.29) is 12.2 Å². The van der Waals surface area contributed by atoms with E-state index in [2.05, 4.69) is 5.10 Å². The van der Waals surface area contributed by atoms with Crippen molar-refractivity contribution in [2.24, 2.45) is 13.0 Å². The van der Waals surface area contributed by atoms with Crippen LogP contribution in [0.3, 0.4) is 0 Å². The number of Topliss-reactive ketones (excluding diaryl/α,β-unsaturated/α-hetero) is 1. The molecule has 0 fully saturated rings. The summed E-state index contributed by atoms with van der Waals surface area (Å²) in [6, 6.07) is 0. The molecule has 1 unspecified atom stereocenters. The lowest BCUT2D eigenvalue weighted by atomic mass is 9.86. The van der Waals surface area contributed by atoms with Gasteiger partial charge in [-0.15, -0.1) is 0 Å². The Balaban J connectivity index is 2.47. The maximum Gasteiger partial charge on any atom is 0.307 e. The Morgan fingerprint density at radius 2 is 2.20 bits per heavy atom. The van der Waals surface area contributed by atoms with Crippen LogP contribution in [0.2, 0.25) is 0 Å². The lowest BCUT2D eigenvalue weighted by Crippen LogP contribution is -2.27. The molecule has 1 aromatic rings. The maximum atomic E-state index is 11.7. The molecule has 0 aromatic carbocycles. The topological polar surface area (TPSA) is 72.2 Å². The Morgan fingerprint density at radius 3 is 2.80 bits per heavy atom. The standard InChI is InChI=1S/C10H12N2O3/c1-5-9-7(12(2)11-5)3-6(10(14)15)4-8(9)13/h6H,3-4H2,1-2H3,(H,14,15). The molecule has 1 atom stereocenters. The molecule has 1 aliphatic carbocycles. The summed E-state index contributed by atoms with van der Waals surface area (Å²) in [7, 11) is 1.74. The van der Waals surface area contributed by atoms with Gasteiger partial charge >= 0.3 is 5.97 Å². The second-order valence-electron chi connectivity index (χ2n) is 3.90. The van der Waals surface area contributed by atoms with Crippen LogP contribution in [-0.4, -0.2) is 26.6 Å². The van der Waals surface area contributed by atoms with Gasteiger partial charge in [-0.25, -0.2) is 0 Å². The lowest BCUT2D eigenvalue weighted by molar-refractivity contribution is -0.141. The third kappa shape index (κ3) is 1.44. The second kappa shape index (κ2) is 3.18. The first-order chi connectivity index (χ1) is 7.00. The Hall–Kier alpha value is -1.65. The molecule has 2 rings (SSSR count). The number of aromatic nitrogens is 2. The summed E-state index contributed by atoms with van der Waals surface area (Å²) in [4.78, 5) is 22.6. The molecule has 0 saturated heterocycles. The minimum absolute atomic E-state index is 0.0921. The molecule has 1 heterocycles. The van der Waals surface area contributed by atoms with E-state index in [1.165, 1.54) is 0 Å². The van der Waals surface area contributed by atoms with Gasteiger partial charge in [0.05, 0.1) is 22.9 Å². The molecule has 5 nitrogen and oxygen atoms in total. The van der Waals surface area contributed by atoms with Crippen LogP contribution >= 0.6 is 0 Å². The molecule has 15 heavy (non-hydrogen) atoms. The first kappa shape index (κ1) is 9.89. The van der Waals surface area contributed by atoms with Crippen LogP contribution in [0.1, 0.15) is 28.2 Å². The first-order valence-electron chi connectivity index (χ1n) is 4.79. The van der Waals surface area contributed by atoms with E-state index in [9.17, 15) is 9.59 Å². The van der Waals surface area contributed by atoms with Crippen LogP contribution in [-0.2, 0) is 18.3 Å². The summed E-state index contributed by atoms with van der Waals surface area (Å²) in [5.74, 6) is -1.61. The van der Waals surface area contributed by atoms with Crippen molar-refractivity contribution in [1.82, 2.24) is 9.78 Å². The van der Waals surface area contributed by atoms with E-state index in [0.717, 1.165) is 5.69 Å². The Labute approximate surface area is 86.7 Å². The number of carboxylic acid groups (broad SMARTS) is 1. The maximum absolute atomic E-state index is 11.7. The van der Waals surface area contributed by atoms with Crippen molar-refractivity contribution in [1.29, 1.82) is 0 Å². The Kier molecular flexibility index (Phi) is 2.10. The van der Waals surface area contributed by atoms with E-state index in [4.69, 9.17) is 5.11 Å². The molecule has 1 aromatic heterocycles. The number of carbonyl (C=O) groups excluding carboxylic acids is 1. The number of nitrogens with zero attached hydrogens (tertiary/aromatic N) is 2. The van der Waals surface area contributed by atoms with E-state index in [1.807, 2.05) is 0 Å². The monoisotopic (exact) mass is 208 g/mol. The molecular formula is C10H12N2O3. The molecule has 0 aliphatic heterocycles. The van der Waals surface area contributed by atoms with Crippen molar-refractivity contribution in [3.8, 4) is 0 Å². The fourth-order valence-electron chi connectivity index (χ4n) is 2.11. The van der Waals surface area contributed by atoms with Gasteiger partial charge in [0.15, 0.2) is 5.78 Å². The minimum Gasteiger partial charge on any atom is -0.481 e. The predicted molar refractivity (Wildman–Crippen MR) is 51.7 cm³/mol. The zero-order valence-corrected chi connectivity index (χ0v) is 8.65. The van der Waals surface area contributed by atoms with Crippen LogP contribution in [0.5, 0.6) is 0 Å². The zero-order valence-electron chi connectivity index (χ0n) is 8.65. The molecule has 1 N–H and O–H groups in total. The highest BCUT2D eigenvalue weighted by Crippen LogP contribution is 2.27. The third-order valence-corrected chi connectivity index (χ3v) is 2.84. The van der Waals surface area contributed by atoms with Crippen LogP contribution in [0.4, 0.5) is 0 Å². The van der Waals surface area contributed by atoms with Crippen LogP contribution in [0.25, 0.3) is 0 Å². The van der Waals surface area contributed by atoms with Gasteiger partial charge in [-0.3, -0.25) is 14.3 Å². The molecule has 0 saturated carbocycles. The van der Waals surface area contributed by atoms with Crippen LogP contribution in [0, 0.1) is 12.8 Å². The smallest absolute Gasteiger partial charge is 0.307 e. The van der Waals surface area contributed by atoms with E-state index in [0.29, 0.717) is 17.7 Å². The number of ketones is 1. The number of hydrogen-bond donors (Lipinski definition) is 1. The van der Waals surface area contributed by atoms with E-state index >= 15 is 0 Å². The lowest BCUT2D eigenvalue weighted by Gasteiger charge is -2.18. The third-order valence-electron chi connectivity index (χ3n) is 2.84. The van der Waals surface area contributed by atoms with E-state index in [1.54, 1.807) is 18.7 Å². The van der Waals surface area contributed by atoms with Crippen molar-refractivity contribution in [3.63, 3.8) is 0 Å². The number of carbonyl (C=O) groups is 2. The fraction of sp³-hybridized carbons (Fsp3) is 0.500. The number of carboxylic acids is 1. The largest absolute Gasteiger partial charge is 0.481 e. The van der Waals surface area contributed by atoms with Crippen molar-refractivity contribution in [2.75, 3.05) is 0 Å². The number of aliphatic carboxylic acids is 1.